The van der Waals surface area contributed by atoms with Gasteiger partial charge in [0.05, 0.1) is 7.11 Å². The summed E-state index contributed by atoms with van der Waals surface area (Å²) in [7, 11) is 1.76. The van der Waals surface area contributed by atoms with Gasteiger partial charge in [-0.05, 0) is 37.5 Å². The predicted molar refractivity (Wildman–Crippen MR) is 79.2 cm³/mol. The van der Waals surface area contributed by atoms with Crippen LogP contribution in [-0.2, 0) is 5.41 Å². The zero-order chi connectivity index (χ0) is 13.2. The minimum absolute atomic E-state index is 0.109. The lowest BCUT2D eigenvalue weighted by Gasteiger charge is -2.38. The predicted octanol–water partition coefficient (Wildman–Crippen LogP) is 3.93. The fourth-order valence-electron chi connectivity index (χ4n) is 3.21. The van der Waals surface area contributed by atoms with Crippen LogP contribution in [0.5, 0.6) is 5.75 Å². The smallest absolute Gasteiger partial charge is 0.125 e. The van der Waals surface area contributed by atoms with Crippen molar-refractivity contribution >= 4 is 15.9 Å². The van der Waals surface area contributed by atoms with Gasteiger partial charge in [0.25, 0.3) is 0 Å². The van der Waals surface area contributed by atoms with E-state index in [0.717, 1.165) is 10.2 Å². The van der Waals surface area contributed by atoms with Gasteiger partial charge in [0.2, 0.25) is 0 Å². The molecular weight excluding hydrogens is 290 g/mol. The van der Waals surface area contributed by atoms with Crippen LogP contribution in [-0.4, -0.2) is 13.7 Å². The highest BCUT2D eigenvalue weighted by Crippen LogP contribution is 2.44. The van der Waals surface area contributed by atoms with Gasteiger partial charge in [-0.3, -0.25) is 0 Å². The van der Waals surface area contributed by atoms with Gasteiger partial charge in [-0.2, -0.15) is 0 Å². The molecule has 100 valence electrons. The molecule has 1 saturated carbocycles. The van der Waals surface area contributed by atoms with Crippen LogP contribution in [0.4, 0.5) is 0 Å². The third kappa shape index (κ3) is 2.43. The zero-order valence-corrected chi connectivity index (χ0v) is 12.8. The number of ether oxygens (including phenoxy) is 1. The Morgan fingerprint density at radius 2 is 1.94 bits per heavy atom. The zero-order valence-electron chi connectivity index (χ0n) is 11.3. The van der Waals surface area contributed by atoms with Crippen molar-refractivity contribution in [2.45, 2.75) is 44.4 Å². The molecule has 0 heterocycles. The van der Waals surface area contributed by atoms with Crippen LogP contribution in [0.25, 0.3) is 0 Å². The molecule has 0 aliphatic heterocycles. The normalized spacial score (nSPS) is 18.7. The molecule has 0 atom stereocenters. The first-order valence-electron chi connectivity index (χ1n) is 6.67. The van der Waals surface area contributed by atoms with Crippen molar-refractivity contribution in [2.75, 3.05) is 13.7 Å². The van der Waals surface area contributed by atoms with Gasteiger partial charge in [-0.25, -0.2) is 0 Å². The van der Waals surface area contributed by atoms with E-state index in [-0.39, 0.29) is 5.41 Å². The molecule has 3 heteroatoms. The van der Waals surface area contributed by atoms with E-state index in [1.807, 2.05) is 0 Å². The van der Waals surface area contributed by atoms with Gasteiger partial charge in [0.15, 0.2) is 0 Å². The minimum atomic E-state index is 0.109. The quantitative estimate of drug-likeness (QED) is 0.918. The summed E-state index contributed by atoms with van der Waals surface area (Å²) in [6.07, 6.45) is 6.22. The van der Waals surface area contributed by atoms with E-state index in [4.69, 9.17) is 10.5 Å². The van der Waals surface area contributed by atoms with E-state index in [9.17, 15) is 0 Å². The first kappa shape index (κ1) is 13.9. The molecule has 2 rings (SSSR count). The maximum absolute atomic E-state index is 6.12. The molecule has 1 aliphatic carbocycles. The number of nitrogens with two attached hydrogens (primary N) is 1. The summed E-state index contributed by atoms with van der Waals surface area (Å²) in [5, 5.41) is 0. The lowest BCUT2D eigenvalue weighted by molar-refractivity contribution is 0.287. The van der Waals surface area contributed by atoms with Crippen molar-refractivity contribution in [2.24, 2.45) is 5.73 Å². The van der Waals surface area contributed by atoms with Gasteiger partial charge in [0, 0.05) is 22.0 Å². The van der Waals surface area contributed by atoms with Crippen molar-refractivity contribution in [1.29, 1.82) is 0 Å². The van der Waals surface area contributed by atoms with E-state index < -0.39 is 0 Å². The molecule has 0 bridgehead atoms. The molecule has 1 aliphatic rings. The Balaban J connectivity index is 2.53. The van der Waals surface area contributed by atoms with Crippen LogP contribution in [0.2, 0.25) is 0 Å². The molecule has 0 amide bonds. The molecule has 2 N–H and O–H groups in total. The third-order valence-corrected chi connectivity index (χ3v) is 4.67. The Morgan fingerprint density at radius 3 is 2.50 bits per heavy atom. The monoisotopic (exact) mass is 311 g/mol. The maximum Gasteiger partial charge on any atom is 0.125 e. The number of methoxy groups -OCH3 is 1. The van der Waals surface area contributed by atoms with E-state index >= 15 is 0 Å². The Labute approximate surface area is 118 Å². The number of aryl methyl sites for hydroxylation is 1. The first-order chi connectivity index (χ1) is 8.63. The summed E-state index contributed by atoms with van der Waals surface area (Å²) in [5.74, 6) is 1.02. The Kier molecular flexibility index (Phi) is 4.33. The highest BCUT2D eigenvalue weighted by atomic mass is 79.9. The lowest BCUT2D eigenvalue weighted by atomic mass is 9.69. The van der Waals surface area contributed by atoms with Crippen LogP contribution in [0.3, 0.4) is 0 Å². The average Bonchev–Trinajstić information content (AvgIpc) is 2.38. The second-order valence-electron chi connectivity index (χ2n) is 5.35. The summed E-state index contributed by atoms with van der Waals surface area (Å²) < 4.78 is 6.75. The number of benzene rings is 1. The van der Waals surface area contributed by atoms with Gasteiger partial charge in [-0.1, -0.05) is 35.2 Å². The van der Waals surface area contributed by atoms with Gasteiger partial charge in [0.1, 0.15) is 5.75 Å². The fraction of sp³-hybridized carbons (Fsp3) is 0.600. The molecule has 0 aromatic heterocycles. The number of hydrogen-bond acceptors (Lipinski definition) is 2. The Bertz CT molecular complexity index is 425. The van der Waals surface area contributed by atoms with Crippen LogP contribution in [0.15, 0.2) is 16.6 Å². The molecule has 1 aromatic carbocycles. The van der Waals surface area contributed by atoms with Crippen LogP contribution < -0.4 is 10.5 Å². The molecule has 1 aromatic rings. The van der Waals surface area contributed by atoms with Gasteiger partial charge >= 0.3 is 0 Å². The molecule has 0 spiro atoms. The van der Waals surface area contributed by atoms with E-state index in [1.165, 1.54) is 43.2 Å². The van der Waals surface area contributed by atoms with Crippen LogP contribution in [0, 0.1) is 6.92 Å². The summed E-state index contributed by atoms with van der Waals surface area (Å²) in [6.45, 7) is 2.80. The molecule has 2 nitrogen and oxygen atoms in total. The number of hydrogen-bond donors (Lipinski definition) is 1. The fourth-order valence-corrected chi connectivity index (χ4v) is 3.78. The van der Waals surface area contributed by atoms with Crippen molar-refractivity contribution in [3.05, 3.63) is 27.7 Å². The molecule has 1 fully saturated rings. The van der Waals surface area contributed by atoms with E-state index in [2.05, 4.69) is 35.0 Å². The summed E-state index contributed by atoms with van der Waals surface area (Å²) >= 11 is 3.60. The second-order valence-corrected chi connectivity index (χ2v) is 6.26. The average molecular weight is 312 g/mol. The van der Waals surface area contributed by atoms with Crippen LogP contribution in [0.1, 0.15) is 43.2 Å². The molecule has 0 unspecified atom stereocenters. The lowest BCUT2D eigenvalue weighted by Crippen LogP contribution is -2.37. The van der Waals surface area contributed by atoms with Crippen molar-refractivity contribution in [3.8, 4) is 5.75 Å². The van der Waals surface area contributed by atoms with Crippen molar-refractivity contribution in [3.63, 3.8) is 0 Å². The van der Waals surface area contributed by atoms with E-state index in [0.29, 0.717) is 6.54 Å². The standard InChI is InChI=1S/C15H22BrNO/c1-11-8-12(16)9-13(14(11)18-2)15(10-17)6-4-3-5-7-15/h8-9H,3-7,10,17H2,1-2H3. The van der Waals surface area contributed by atoms with Gasteiger partial charge < -0.3 is 10.5 Å². The molecule has 18 heavy (non-hydrogen) atoms. The molecule has 0 radical (unpaired) electrons. The highest BCUT2D eigenvalue weighted by molar-refractivity contribution is 9.10. The van der Waals surface area contributed by atoms with Crippen LogP contribution >= 0.6 is 15.9 Å². The van der Waals surface area contributed by atoms with Crippen molar-refractivity contribution < 1.29 is 4.74 Å². The van der Waals surface area contributed by atoms with E-state index in [1.54, 1.807) is 7.11 Å². The first-order valence-corrected chi connectivity index (χ1v) is 7.47. The number of halogens is 1. The summed E-state index contributed by atoms with van der Waals surface area (Å²) in [4.78, 5) is 0. The Hall–Kier alpha value is -0.540. The number of rotatable bonds is 3. The summed E-state index contributed by atoms with van der Waals surface area (Å²) in [6, 6.07) is 4.30. The molecular formula is C15H22BrNO. The minimum Gasteiger partial charge on any atom is -0.496 e. The second kappa shape index (κ2) is 5.62. The molecule has 0 saturated heterocycles. The topological polar surface area (TPSA) is 35.2 Å². The largest absolute Gasteiger partial charge is 0.496 e. The van der Waals surface area contributed by atoms with Crippen molar-refractivity contribution in [1.82, 2.24) is 0 Å². The Morgan fingerprint density at radius 1 is 1.28 bits per heavy atom. The SMILES string of the molecule is COc1c(C)cc(Br)cc1C1(CN)CCCCC1. The highest BCUT2D eigenvalue weighted by Gasteiger charge is 2.35. The third-order valence-electron chi connectivity index (χ3n) is 4.22. The van der Waals surface area contributed by atoms with Gasteiger partial charge in [-0.15, -0.1) is 0 Å². The maximum atomic E-state index is 6.12. The summed E-state index contributed by atoms with van der Waals surface area (Å²) in [5.41, 5.74) is 8.70.